The minimum absolute atomic E-state index is 0.240. The van der Waals surface area contributed by atoms with Gasteiger partial charge < -0.3 is 10.5 Å². The summed E-state index contributed by atoms with van der Waals surface area (Å²) in [5.74, 6) is 0. The summed E-state index contributed by atoms with van der Waals surface area (Å²) in [5.41, 5.74) is 10.0. The summed E-state index contributed by atoms with van der Waals surface area (Å²) in [6.07, 6.45) is 1.80. The molecule has 1 atom stereocenters. The van der Waals surface area contributed by atoms with Gasteiger partial charge in [-0.1, -0.05) is 25.1 Å². The van der Waals surface area contributed by atoms with Crippen molar-refractivity contribution in [1.29, 1.82) is 0 Å². The van der Waals surface area contributed by atoms with Crippen LogP contribution in [0.3, 0.4) is 0 Å². The smallest absolute Gasteiger partial charge is 0.0645 e. The highest BCUT2D eigenvalue weighted by molar-refractivity contribution is 5.30. The third-order valence-electron chi connectivity index (χ3n) is 3.26. The number of aryl methyl sites for hydroxylation is 2. The van der Waals surface area contributed by atoms with Gasteiger partial charge in [0, 0.05) is 12.6 Å². The molecule has 90 valence electrons. The first-order valence-corrected chi connectivity index (χ1v) is 5.84. The molecule has 0 bridgehead atoms. The predicted molar refractivity (Wildman–Crippen MR) is 68.7 cm³/mol. The van der Waals surface area contributed by atoms with Crippen LogP contribution >= 0.6 is 0 Å². The molecule has 2 nitrogen and oxygen atoms in total. The summed E-state index contributed by atoms with van der Waals surface area (Å²) < 4.78 is 5.20. The summed E-state index contributed by atoms with van der Waals surface area (Å²) in [5, 5.41) is 0. The highest BCUT2D eigenvalue weighted by atomic mass is 16.5. The van der Waals surface area contributed by atoms with E-state index in [9.17, 15) is 0 Å². The van der Waals surface area contributed by atoms with Crippen LogP contribution in [0.4, 0.5) is 0 Å². The van der Waals surface area contributed by atoms with E-state index in [1.165, 1.54) is 16.7 Å². The molecular formula is C14H23NO. The van der Waals surface area contributed by atoms with Crippen molar-refractivity contribution >= 4 is 0 Å². The molecule has 0 fully saturated rings. The van der Waals surface area contributed by atoms with E-state index in [-0.39, 0.29) is 5.54 Å². The van der Waals surface area contributed by atoms with E-state index in [0.29, 0.717) is 6.61 Å². The molecule has 1 rings (SSSR count). The maximum atomic E-state index is 6.30. The zero-order chi connectivity index (χ0) is 12.2. The Hall–Kier alpha value is -0.860. The average molecular weight is 221 g/mol. The molecule has 1 aromatic carbocycles. The molecule has 1 unspecified atom stereocenters. The Balaban J connectivity index is 2.81. The first kappa shape index (κ1) is 13.2. The van der Waals surface area contributed by atoms with E-state index in [2.05, 4.69) is 39.0 Å². The standard InChI is InChI=1S/C14H23NO/c1-5-14(15,10-16-4)9-13-7-6-11(2)12(3)8-13/h6-8H,5,9-10,15H2,1-4H3. The number of hydrogen-bond donors (Lipinski definition) is 1. The molecule has 0 saturated heterocycles. The van der Waals surface area contributed by atoms with Crippen molar-refractivity contribution in [2.45, 2.75) is 39.2 Å². The Morgan fingerprint density at radius 2 is 1.94 bits per heavy atom. The van der Waals surface area contributed by atoms with Gasteiger partial charge in [0.15, 0.2) is 0 Å². The second kappa shape index (κ2) is 5.46. The number of methoxy groups -OCH3 is 1. The van der Waals surface area contributed by atoms with Crippen LogP contribution in [0.25, 0.3) is 0 Å². The van der Waals surface area contributed by atoms with Crippen LogP contribution in [0, 0.1) is 13.8 Å². The largest absolute Gasteiger partial charge is 0.383 e. The predicted octanol–water partition coefficient (Wildman–Crippen LogP) is 2.60. The van der Waals surface area contributed by atoms with E-state index in [0.717, 1.165) is 12.8 Å². The lowest BCUT2D eigenvalue weighted by atomic mass is 9.89. The van der Waals surface area contributed by atoms with Gasteiger partial charge in [0.05, 0.1) is 6.61 Å². The Morgan fingerprint density at radius 1 is 1.25 bits per heavy atom. The molecule has 2 heteroatoms. The highest BCUT2D eigenvalue weighted by Gasteiger charge is 2.23. The monoisotopic (exact) mass is 221 g/mol. The lowest BCUT2D eigenvalue weighted by Crippen LogP contribution is -2.45. The van der Waals surface area contributed by atoms with Crippen LogP contribution in [0.15, 0.2) is 18.2 Å². The van der Waals surface area contributed by atoms with Crippen molar-refractivity contribution in [3.63, 3.8) is 0 Å². The molecule has 0 saturated carbocycles. The van der Waals surface area contributed by atoms with Crippen LogP contribution in [0.1, 0.15) is 30.0 Å². The number of nitrogens with two attached hydrogens (primary N) is 1. The number of hydrogen-bond acceptors (Lipinski definition) is 2. The van der Waals surface area contributed by atoms with E-state index < -0.39 is 0 Å². The van der Waals surface area contributed by atoms with Crippen molar-refractivity contribution < 1.29 is 4.74 Å². The maximum Gasteiger partial charge on any atom is 0.0645 e. The van der Waals surface area contributed by atoms with Crippen molar-refractivity contribution in [3.05, 3.63) is 34.9 Å². The topological polar surface area (TPSA) is 35.2 Å². The van der Waals surface area contributed by atoms with Gasteiger partial charge in [-0.3, -0.25) is 0 Å². The zero-order valence-corrected chi connectivity index (χ0v) is 10.8. The number of rotatable bonds is 5. The van der Waals surface area contributed by atoms with Gasteiger partial charge in [-0.2, -0.15) is 0 Å². The van der Waals surface area contributed by atoms with Crippen molar-refractivity contribution in [2.24, 2.45) is 5.73 Å². The second-order valence-corrected chi connectivity index (χ2v) is 4.74. The fourth-order valence-electron chi connectivity index (χ4n) is 1.89. The molecule has 16 heavy (non-hydrogen) atoms. The zero-order valence-electron chi connectivity index (χ0n) is 10.8. The Kier molecular flexibility index (Phi) is 4.51. The van der Waals surface area contributed by atoms with Gasteiger partial charge in [-0.05, 0) is 43.4 Å². The minimum atomic E-state index is -0.240. The van der Waals surface area contributed by atoms with Crippen molar-refractivity contribution in [3.8, 4) is 0 Å². The summed E-state index contributed by atoms with van der Waals surface area (Å²) in [6, 6.07) is 6.55. The SMILES string of the molecule is CCC(N)(COC)Cc1ccc(C)c(C)c1. The van der Waals surface area contributed by atoms with Crippen LogP contribution in [-0.2, 0) is 11.2 Å². The number of ether oxygens (including phenoxy) is 1. The van der Waals surface area contributed by atoms with Crippen molar-refractivity contribution in [1.82, 2.24) is 0 Å². The lowest BCUT2D eigenvalue weighted by Gasteiger charge is -2.27. The third-order valence-corrected chi connectivity index (χ3v) is 3.26. The van der Waals surface area contributed by atoms with Gasteiger partial charge in [0.25, 0.3) is 0 Å². The average Bonchev–Trinajstić information content (AvgIpc) is 2.24. The van der Waals surface area contributed by atoms with Gasteiger partial charge in [0.2, 0.25) is 0 Å². The van der Waals surface area contributed by atoms with Crippen LogP contribution < -0.4 is 5.73 Å². The molecule has 1 aromatic rings. The maximum absolute atomic E-state index is 6.30. The molecule has 2 N–H and O–H groups in total. The fraction of sp³-hybridized carbons (Fsp3) is 0.571. The third kappa shape index (κ3) is 3.32. The molecule has 0 radical (unpaired) electrons. The molecular weight excluding hydrogens is 198 g/mol. The van der Waals surface area contributed by atoms with Gasteiger partial charge in [0.1, 0.15) is 0 Å². The molecule has 0 aliphatic heterocycles. The van der Waals surface area contributed by atoms with Gasteiger partial charge in [-0.15, -0.1) is 0 Å². The fourth-order valence-corrected chi connectivity index (χ4v) is 1.89. The second-order valence-electron chi connectivity index (χ2n) is 4.74. The Morgan fingerprint density at radius 3 is 2.44 bits per heavy atom. The van der Waals surface area contributed by atoms with E-state index in [4.69, 9.17) is 10.5 Å². The first-order chi connectivity index (χ1) is 7.50. The van der Waals surface area contributed by atoms with Crippen LogP contribution in [-0.4, -0.2) is 19.3 Å². The molecule has 0 aliphatic rings. The molecule has 0 aromatic heterocycles. The minimum Gasteiger partial charge on any atom is -0.383 e. The Labute approximate surface area is 98.8 Å². The number of benzene rings is 1. The normalized spacial score (nSPS) is 14.8. The molecule has 0 aliphatic carbocycles. The van der Waals surface area contributed by atoms with Crippen LogP contribution in [0.5, 0.6) is 0 Å². The quantitative estimate of drug-likeness (QED) is 0.829. The van der Waals surface area contributed by atoms with Gasteiger partial charge >= 0.3 is 0 Å². The van der Waals surface area contributed by atoms with Crippen molar-refractivity contribution in [2.75, 3.05) is 13.7 Å². The van der Waals surface area contributed by atoms with E-state index >= 15 is 0 Å². The van der Waals surface area contributed by atoms with E-state index in [1.807, 2.05) is 0 Å². The van der Waals surface area contributed by atoms with Gasteiger partial charge in [-0.25, -0.2) is 0 Å². The lowest BCUT2D eigenvalue weighted by molar-refractivity contribution is 0.129. The summed E-state index contributed by atoms with van der Waals surface area (Å²) in [4.78, 5) is 0. The summed E-state index contributed by atoms with van der Waals surface area (Å²) in [7, 11) is 1.71. The Bertz CT molecular complexity index is 349. The molecule has 0 amide bonds. The van der Waals surface area contributed by atoms with E-state index in [1.54, 1.807) is 7.11 Å². The highest BCUT2D eigenvalue weighted by Crippen LogP contribution is 2.17. The summed E-state index contributed by atoms with van der Waals surface area (Å²) >= 11 is 0. The molecule has 0 spiro atoms. The summed E-state index contributed by atoms with van der Waals surface area (Å²) in [6.45, 7) is 6.99. The van der Waals surface area contributed by atoms with Crippen LogP contribution in [0.2, 0.25) is 0 Å². The first-order valence-electron chi connectivity index (χ1n) is 5.84. The molecule has 0 heterocycles.